The molecule has 16 heavy (non-hydrogen) atoms. The van der Waals surface area contributed by atoms with Gasteiger partial charge < -0.3 is 10.2 Å². The first-order valence-electron chi connectivity index (χ1n) is 6.04. The minimum atomic E-state index is 0.0422. The van der Waals surface area contributed by atoms with E-state index in [0.29, 0.717) is 31.5 Å². The van der Waals surface area contributed by atoms with Crippen molar-refractivity contribution < 1.29 is 9.59 Å². The number of hydrogen-bond acceptors (Lipinski definition) is 2. The molecule has 0 aliphatic heterocycles. The van der Waals surface area contributed by atoms with Gasteiger partial charge in [0.25, 0.3) is 0 Å². The van der Waals surface area contributed by atoms with Crippen LogP contribution < -0.4 is 5.32 Å². The van der Waals surface area contributed by atoms with Gasteiger partial charge in [-0.3, -0.25) is 9.59 Å². The van der Waals surface area contributed by atoms with E-state index in [1.807, 2.05) is 4.90 Å². The Labute approximate surface area is 97.4 Å². The summed E-state index contributed by atoms with van der Waals surface area (Å²) >= 11 is 0. The van der Waals surface area contributed by atoms with Crippen LogP contribution in [0.1, 0.15) is 40.0 Å². The van der Waals surface area contributed by atoms with Crippen molar-refractivity contribution in [1.82, 2.24) is 10.2 Å². The Kier molecular flexibility index (Phi) is 4.77. The summed E-state index contributed by atoms with van der Waals surface area (Å²) < 4.78 is 0. The van der Waals surface area contributed by atoms with Crippen molar-refractivity contribution in [3.05, 3.63) is 0 Å². The van der Waals surface area contributed by atoms with Gasteiger partial charge in [0, 0.05) is 32.5 Å². The normalized spacial score (nSPS) is 15.0. The molecule has 1 fully saturated rings. The number of carbonyl (C=O) groups excluding carboxylic acids is 2. The second-order valence-corrected chi connectivity index (χ2v) is 4.89. The molecule has 0 saturated heterocycles. The van der Waals surface area contributed by atoms with E-state index in [1.54, 1.807) is 6.92 Å². The Hall–Kier alpha value is -1.06. The summed E-state index contributed by atoms with van der Waals surface area (Å²) in [5.74, 6) is 0.594. The lowest BCUT2D eigenvalue weighted by atomic mass is 10.2. The molecule has 0 radical (unpaired) electrons. The van der Waals surface area contributed by atoms with Crippen molar-refractivity contribution in [1.29, 1.82) is 0 Å². The first-order chi connectivity index (χ1) is 7.50. The summed E-state index contributed by atoms with van der Waals surface area (Å²) in [6.07, 6.45) is 2.60. The van der Waals surface area contributed by atoms with Crippen molar-refractivity contribution in [2.75, 3.05) is 13.1 Å². The van der Waals surface area contributed by atoms with Gasteiger partial charge in [0.05, 0.1) is 0 Å². The third kappa shape index (κ3) is 4.64. The molecule has 1 saturated carbocycles. The van der Waals surface area contributed by atoms with Gasteiger partial charge in [-0.25, -0.2) is 0 Å². The quantitative estimate of drug-likeness (QED) is 0.739. The molecule has 0 unspecified atom stereocenters. The molecule has 0 heterocycles. The maximum atomic E-state index is 11.5. The van der Waals surface area contributed by atoms with Crippen LogP contribution in [0.15, 0.2) is 0 Å². The van der Waals surface area contributed by atoms with E-state index < -0.39 is 0 Å². The Balaban J connectivity index is 2.21. The molecule has 0 aromatic heterocycles. The fourth-order valence-corrected chi connectivity index (χ4v) is 1.61. The van der Waals surface area contributed by atoms with Gasteiger partial charge in [0.1, 0.15) is 0 Å². The molecule has 1 N–H and O–H groups in total. The average Bonchev–Trinajstić information content (AvgIpc) is 2.98. The molecule has 0 aromatic carbocycles. The van der Waals surface area contributed by atoms with Crippen LogP contribution in [0.3, 0.4) is 0 Å². The van der Waals surface area contributed by atoms with E-state index in [-0.39, 0.29) is 11.8 Å². The second kappa shape index (κ2) is 5.87. The van der Waals surface area contributed by atoms with Crippen LogP contribution in [0, 0.1) is 5.92 Å². The lowest BCUT2D eigenvalue weighted by molar-refractivity contribution is -0.130. The van der Waals surface area contributed by atoms with Crippen LogP contribution >= 0.6 is 0 Å². The highest BCUT2D eigenvalue weighted by atomic mass is 16.2. The van der Waals surface area contributed by atoms with Crippen molar-refractivity contribution in [2.24, 2.45) is 5.92 Å². The molecule has 4 heteroatoms. The Bertz CT molecular complexity index is 260. The van der Waals surface area contributed by atoms with E-state index in [0.717, 1.165) is 12.8 Å². The molecule has 92 valence electrons. The second-order valence-electron chi connectivity index (χ2n) is 4.89. The molecule has 0 spiro atoms. The first-order valence-corrected chi connectivity index (χ1v) is 6.04. The number of amides is 2. The van der Waals surface area contributed by atoms with Crippen LogP contribution in [-0.4, -0.2) is 35.8 Å². The van der Waals surface area contributed by atoms with Gasteiger partial charge >= 0.3 is 0 Å². The van der Waals surface area contributed by atoms with Gasteiger partial charge in [-0.15, -0.1) is 0 Å². The third-order valence-electron chi connectivity index (χ3n) is 2.68. The molecular weight excluding hydrogens is 204 g/mol. The van der Waals surface area contributed by atoms with Crippen molar-refractivity contribution in [2.45, 2.75) is 46.1 Å². The van der Waals surface area contributed by atoms with Crippen molar-refractivity contribution in [3.8, 4) is 0 Å². The first kappa shape index (κ1) is 13.0. The van der Waals surface area contributed by atoms with Crippen molar-refractivity contribution >= 4 is 11.8 Å². The molecule has 1 rings (SSSR count). The zero-order chi connectivity index (χ0) is 12.1. The monoisotopic (exact) mass is 226 g/mol. The Morgan fingerprint density at radius 2 is 2.00 bits per heavy atom. The minimum absolute atomic E-state index is 0.0422. The van der Waals surface area contributed by atoms with E-state index >= 15 is 0 Å². The molecule has 1 aliphatic carbocycles. The topological polar surface area (TPSA) is 49.4 Å². The minimum Gasteiger partial charge on any atom is -0.356 e. The molecule has 4 nitrogen and oxygen atoms in total. The number of nitrogens with one attached hydrogen (secondary N) is 1. The molecule has 2 amide bonds. The van der Waals surface area contributed by atoms with Crippen LogP contribution in [-0.2, 0) is 9.59 Å². The molecule has 1 aliphatic rings. The number of nitrogens with zero attached hydrogens (tertiary/aromatic N) is 1. The van der Waals surface area contributed by atoms with Gasteiger partial charge in [0.15, 0.2) is 0 Å². The molecule has 0 aromatic rings. The van der Waals surface area contributed by atoms with E-state index in [9.17, 15) is 9.59 Å². The average molecular weight is 226 g/mol. The highest BCUT2D eigenvalue weighted by molar-refractivity contribution is 5.78. The Morgan fingerprint density at radius 1 is 1.38 bits per heavy atom. The number of carbonyl (C=O) groups is 2. The molecular formula is C12H22N2O2. The summed E-state index contributed by atoms with van der Waals surface area (Å²) in [4.78, 5) is 24.6. The van der Waals surface area contributed by atoms with Crippen LogP contribution in [0.5, 0.6) is 0 Å². The standard InChI is InChI=1S/C12H22N2O2/c1-9(2)8-13-12(16)6-7-14(10(3)15)11-4-5-11/h9,11H,4-8H2,1-3H3,(H,13,16). The summed E-state index contributed by atoms with van der Waals surface area (Å²) in [5.41, 5.74) is 0. The number of rotatable bonds is 6. The van der Waals surface area contributed by atoms with Crippen molar-refractivity contribution in [3.63, 3.8) is 0 Å². The van der Waals surface area contributed by atoms with Crippen LogP contribution in [0.2, 0.25) is 0 Å². The van der Waals surface area contributed by atoms with Crippen LogP contribution in [0.25, 0.3) is 0 Å². The zero-order valence-corrected chi connectivity index (χ0v) is 10.5. The largest absolute Gasteiger partial charge is 0.356 e. The zero-order valence-electron chi connectivity index (χ0n) is 10.5. The van der Waals surface area contributed by atoms with E-state index in [2.05, 4.69) is 19.2 Å². The highest BCUT2D eigenvalue weighted by Crippen LogP contribution is 2.26. The summed E-state index contributed by atoms with van der Waals surface area (Å²) in [6, 6.07) is 0.399. The molecule has 0 bridgehead atoms. The summed E-state index contributed by atoms with van der Waals surface area (Å²) in [7, 11) is 0. The maximum Gasteiger partial charge on any atom is 0.221 e. The smallest absolute Gasteiger partial charge is 0.221 e. The lowest BCUT2D eigenvalue weighted by Crippen LogP contribution is -2.36. The summed E-state index contributed by atoms with van der Waals surface area (Å²) in [6.45, 7) is 6.97. The fraction of sp³-hybridized carbons (Fsp3) is 0.833. The van der Waals surface area contributed by atoms with Gasteiger partial charge in [0.2, 0.25) is 11.8 Å². The highest BCUT2D eigenvalue weighted by Gasteiger charge is 2.30. The van der Waals surface area contributed by atoms with E-state index in [4.69, 9.17) is 0 Å². The predicted molar refractivity (Wildman–Crippen MR) is 62.9 cm³/mol. The maximum absolute atomic E-state index is 11.5. The summed E-state index contributed by atoms with van der Waals surface area (Å²) in [5, 5.41) is 2.86. The van der Waals surface area contributed by atoms with E-state index in [1.165, 1.54) is 0 Å². The SMILES string of the molecule is CC(=O)N(CCC(=O)NCC(C)C)C1CC1. The van der Waals surface area contributed by atoms with Gasteiger partial charge in [-0.2, -0.15) is 0 Å². The molecule has 0 atom stereocenters. The van der Waals surface area contributed by atoms with Crippen LogP contribution in [0.4, 0.5) is 0 Å². The number of hydrogen-bond donors (Lipinski definition) is 1. The van der Waals surface area contributed by atoms with Gasteiger partial charge in [-0.1, -0.05) is 13.8 Å². The predicted octanol–water partition coefficient (Wildman–Crippen LogP) is 1.16. The third-order valence-corrected chi connectivity index (χ3v) is 2.68. The fourth-order valence-electron chi connectivity index (χ4n) is 1.61. The van der Waals surface area contributed by atoms with Gasteiger partial charge in [-0.05, 0) is 18.8 Å². The Morgan fingerprint density at radius 3 is 2.44 bits per heavy atom. The lowest BCUT2D eigenvalue weighted by Gasteiger charge is -2.20.